The van der Waals surface area contributed by atoms with Gasteiger partial charge in [-0.2, -0.15) is 26.3 Å². The Balaban J connectivity index is 1.86. The van der Waals surface area contributed by atoms with Crippen molar-refractivity contribution >= 4 is 17.1 Å². The highest BCUT2D eigenvalue weighted by molar-refractivity contribution is 5.79. The molecule has 1 aliphatic rings. The van der Waals surface area contributed by atoms with E-state index in [1.165, 1.54) is 0 Å². The zero-order valence-corrected chi connectivity index (χ0v) is 22.4. The molecule has 39 heavy (non-hydrogen) atoms. The second kappa shape index (κ2) is 13.2. The molecule has 0 spiro atoms. The number of anilines is 3. The van der Waals surface area contributed by atoms with Gasteiger partial charge in [0.1, 0.15) is 11.4 Å². The summed E-state index contributed by atoms with van der Waals surface area (Å²) in [6.07, 6.45) is -0.0586. The number of hydrogen-bond donors (Lipinski definition) is 2. The van der Waals surface area contributed by atoms with Gasteiger partial charge in [0.25, 0.3) is 10.9 Å². The first-order chi connectivity index (χ1) is 18.4. The van der Waals surface area contributed by atoms with Crippen LogP contribution in [0.3, 0.4) is 0 Å². The van der Waals surface area contributed by atoms with E-state index in [4.69, 9.17) is 0 Å². The van der Waals surface area contributed by atoms with E-state index < -0.39 is 40.0 Å². The number of nitrogens with zero attached hydrogens (tertiary/aromatic N) is 1. The molecular weight excluding hydrogens is 524 g/mol. The molecule has 0 bridgehead atoms. The van der Waals surface area contributed by atoms with Crippen LogP contribution in [-0.2, 0) is 12.4 Å². The third kappa shape index (κ3) is 7.99. The molecule has 0 radical (unpaired) electrons. The standard InChI is InChI=1S/C28H37F6N3O2/c1-3-5-9-13-37(14-10-6-4-2)22-12-8-7-11-21(22)36-24-23(25(38)26(24)39)35-20-16-18(27(29,30)31)15-19(17-20)28(32,33)34/h15-17,21-22,35-36H,3-14H2,1-2H3. The Labute approximate surface area is 224 Å². The smallest absolute Gasteiger partial charge is 0.376 e. The van der Waals surface area contributed by atoms with Crippen molar-refractivity contribution in [2.24, 2.45) is 0 Å². The number of benzene rings is 1. The van der Waals surface area contributed by atoms with E-state index in [-0.39, 0.29) is 29.5 Å². The lowest BCUT2D eigenvalue weighted by Crippen LogP contribution is -2.51. The van der Waals surface area contributed by atoms with Crippen molar-refractivity contribution in [2.75, 3.05) is 23.7 Å². The van der Waals surface area contributed by atoms with Crippen LogP contribution in [0, 0.1) is 0 Å². The Kier molecular flexibility index (Phi) is 10.5. The molecule has 0 aliphatic heterocycles. The lowest BCUT2D eigenvalue weighted by molar-refractivity contribution is -0.143. The van der Waals surface area contributed by atoms with Crippen LogP contribution in [0.15, 0.2) is 27.8 Å². The van der Waals surface area contributed by atoms with Crippen molar-refractivity contribution in [3.05, 3.63) is 49.8 Å². The quantitative estimate of drug-likeness (QED) is 0.151. The minimum Gasteiger partial charge on any atom is -0.376 e. The van der Waals surface area contributed by atoms with Gasteiger partial charge in [0.2, 0.25) is 0 Å². The van der Waals surface area contributed by atoms with E-state index in [1.807, 2.05) is 0 Å². The summed E-state index contributed by atoms with van der Waals surface area (Å²) in [7, 11) is 0. The highest BCUT2D eigenvalue weighted by atomic mass is 19.4. The number of nitrogens with one attached hydrogen (secondary N) is 2. The minimum absolute atomic E-state index is 0.0186. The molecular formula is C28H37F6N3O2. The topological polar surface area (TPSA) is 61.4 Å². The maximum absolute atomic E-state index is 13.3. The van der Waals surface area contributed by atoms with Gasteiger partial charge in [-0.15, -0.1) is 0 Å². The van der Waals surface area contributed by atoms with Crippen LogP contribution in [0.1, 0.15) is 89.2 Å². The Morgan fingerprint density at radius 2 is 1.28 bits per heavy atom. The van der Waals surface area contributed by atoms with E-state index in [0.717, 1.165) is 77.3 Å². The summed E-state index contributed by atoms with van der Waals surface area (Å²) in [4.78, 5) is 27.3. The average molecular weight is 562 g/mol. The molecule has 11 heteroatoms. The molecule has 2 aromatic carbocycles. The maximum atomic E-state index is 13.3. The van der Waals surface area contributed by atoms with E-state index in [1.54, 1.807) is 0 Å². The van der Waals surface area contributed by atoms with Gasteiger partial charge in [0.05, 0.1) is 11.1 Å². The van der Waals surface area contributed by atoms with E-state index >= 15 is 0 Å². The number of rotatable bonds is 13. The lowest BCUT2D eigenvalue weighted by atomic mass is 9.88. The summed E-state index contributed by atoms with van der Waals surface area (Å²) < 4.78 is 79.7. The maximum Gasteiger partial charge on any atom is 0.416 e. The summed E-state index contributed by atoms with van der Waals surface area (Å²) in [5.41, 5.74) is -5.75. The Morgan fingerprint density at radius 3 is 1.79 bits per heavy atom. The van der Waals surface area contributed by atoms with Gasteiger partial charge in [-0.3, -0.25) is 14.5 Å². The predicted octanol–water partition coefficient (Wildman–Crippen LogP) is 7.47. The number of hydrogen-bond acceptors (Lipinski definition) is 5. The third-order valence-electron chi connectivity index (χ3n) is 7.39. The molecule has 1 aliphatic carbocycles. The first-order valence-corrected chi connectivity index (χ1v) is 13.8. The molecule has 0 amide bonds. The first kappa shape index (κ1) is 31.0. The van der Waals surface area contributed by atoms with Gasteiger partial charge >= 0.3 is 12.4 Å². The van der Waals surface area contributed by atoms with Crippen molar-refractivity contribution in [1.29, 1.82) is 0 Å². The SMILES string of the molecule is CCCCCN(CCCCC)C1CCCCC1Nc1c(Nc2cc(C(F)(F)F)cc(C(F)(F)F)c2)c(=O)c1=O. The summed E-state index contributed by atoms with van der Waals surface area (Å²) in [5.74, 6) is 0. The van der Waals surface area contributed by atoms with Crippen LogP contribution in [0.25, 0.3) is 0 Å². The van der Waals surface area contributed by atoms with Crippen molar-refractivity contribution < 1.29 is 26.3 Å². The van der Waals surface area contributed by atoms with Crippen LogP contribution in [0.5, 0.6) is 0 Å². The zero-order chi connectivity index (χ0) is 28.8. The molecule has 0 saturated heterocycles. The molecule has 2 atom stereocenters. The molecule has 2 aromatic rings. The Morgan fingerprint density at radius 1 is 0.769 bits per heavy atom. The summed E-state index contributed by atoms with van der Waals surface area (Å²) >= 11 is 0. The molecule has 218 valence electrons. The number of unbranched alkanes of at least 4 members (excludes halogenated alkanes) is 4. The molecule has 2 N–H and O–H groups in total. The zero-order valence-electron chi connectivity index (χ0n) is 22.4. The molecule has 3 rings (SSSR count). The van der Waals surface area contributed by atoms with Gasteiger partial charge in [0.15, 0.2) is 0 Å². The Bertz CT molecular complexity index is 1110. The molecule has 1 fully saturated rings. The summed E-state index contributed by atoms with van der Waals surface area (Å²) in [6.45, 7) is 6.08. The van der Waals surface area contributed by atoms with Crippen LogP contribution < -0.4 is 21.5 Å². The predicted molar refractivity (Wildman–Crippen MR) is 141 cm³/mol. The van der Waals surface area contributed by atoms with Crippen LogP contribution >= 0.6 is 0 Å². The third-order valence-corrected chi connectivity index (χ3v) is 7.39. The molecule has 5 nitrogen and oxygen atoms in total. The first-order valence-electron chi connectivity index (χ1n) is 13.8. The van der Waals surface area contributed by atoms with Crippen molar-refractivity contribution in [3.8, 4) is 0 Å². The average Bonchev–Trinajstić information content (AvgIpc) is 2.89. The monoisotopic (exact) mass is 561 g/mol. The van der Waals surface area contributed by atoms with Crippen molar-refractivity contribution in [1.82, 2.24) is 4.90 Å². The van der Waals surface area contributed by atoms with Gasteiger partial charge in [-0.05, 0) is 57.0 Å². The van der Waals surface area contributed by atoms with Gasteiger partial charge < -0.3 is 10.6 Å². The highest BCUT2D eigenvalue weighted by Crippen LogP contribution is 2.38. The minimum atomic E-state index is -5.03. The molecule has 0 heterocycles. The van der Waals surface area contributed by atoms with Crippen molar-refractivity contribution in [2.45, 2.75) is 102 Å². The number of alkyl halides is 6. The van der Waals surface area contributed by atoms with E-state index in [0.29, 0.717) is 12.1 Å². The second-order valence-corrected chi connectivity index (χ2v) is 10.4. The molecule has 2 unspecified atom stereocenters. The second-order valence-electron chi connectivity index (χ2n) is 10.4. The van der Waals surface area contributed by atoms with Gasteiger partial charge in [-0.1, -0.05) is 52.4 Å². The summed E-state index contributed by atoms with van der Waals surface area (Å²) in [6, 6.07) is 0.962. The fraction of sp³-hybridized carbons (Fsp3) is 0.643. The molecule has 0 aromatic heterocycles. The normalized spacial score (nSPS) is 18.6. The van der Waals surface area contributed by atoms with Crippen LogP contribution in [-0.4, -0.2) is 30.1 Å². The van der Waals surface area contributed by atoms with Crippen LogP contribution in [0.4, 0.5) is 43.4 Å². The van der Waals surface area contributed by atoms with E-state index in [9.17, 15) is 35.9 Å². The largest absolute Gasteiger partial charge is 0.416 e. The van der Waals surface area contributed by atoms with Crippen molar-refractivity contribution in [3.63, 3.8) is 0 Å². The number of halogens is 6. The van der Waals surface area contributed by atoms with Gasteiger partial charge in [-0.25, -0.2) is 0 Å². The van der Waals surface area contributed by atoms with E-state index in [2.05, 4.69) is 29.4 Å². The fourth-order valence-electron chi connectivity index (χ4n) is 5.30. The fourth-order valence-corrected chi connectivity index (χ4v) is 5.30. The highest BCUT2D eigenvalue weighted by Gasteiger charge is 2.38. The lowest BCUT2D eigenvalue weighted by Gasteiger charge is -2.41. The molecule has 1 saturated carbocycles. The summed E-state index contributed by atoms with van der Waals surface area (Å²) in [5, 5.41) is 5.55. The van der Waals surface area contributed by atoms with Crippen LogP contribution in [0.2, 0.25) is 0 Å². The Hall–Kier alpha value is -2.56. The van der Waals surface area contributed by atoms with Gasteiger partial charge in [0, 0.05) is 17.8 Å².